The van der Waals surface area contributed by atoms with Crippen molar-refractivity contribution in [2.45, 2.75) is 12.8 Å². The lowest BCUT2D eigenvalue weighted by Crippen LogP contribution is -2.04. The lowest BCUT2D eigenvalue weighted by Gasteiger charge is -2.05. The lowest BCUT2D eigenvalue weighted by molar-refractivity contribution is -0.384. The van der Waals surface area contributed by atoms with Crippen LogP contribution in [0.4, 0.5) is 18.9 Å². The third-order valence-corrected chi connectivity index (χ3v) is 3.33. The van der Waals surface area contributed by atoms with Crippen LogP contribution in [0.3, 0.4) is 0 Å². The van der Waals surface area contributed by atoms with E-state index in [-0.39, 0.29) is 29.8 Å². The molecule has 2 aromatic carbocycles. The number of hydrogen-bond acceptors (Lipinski definition) is 6. The molecular formula is C16H10F3N3O4. The Labute approximate surface area is 144 Å². The number of alkyl halides is 3. The Morgan fingerprint density at radius 3 is 2.54 bits per heavy atom. The second-order valence-electron chi connectivity index (χ2n) is 5.13. The van der Waals surface area contributed by atoms with Crippen LogP contribution in [0.15, 0.2) is 53.1 Å². The first-order chi connectivity index (χ1) is 12.3. The molecule has 134 valence electrons. The van der Waals surface area contributed by atoms with E-state index in [9.17, 15) is 23.3 Å². The lowest BCUT2D eigenvalue weighted by atomic mass is 10.1. The molecule has 10 heteroatoms. The topological polar surface area (TPSA) is 91.3 Å². The molecule has 0 aliphatic heterocycles. The summed E-state index contributed by atoms with van der Waals surface area (Å²) in [4.78, 5) is 14.2. The van der Waals surface area contributed by atoms with Crippen LogP contribution in [0.1, 0.15) is 11.5 Å². The molecule has 0 unspecified atom stereocenters. The number of ether oxygens (including phenoxy) is 1. The highest BCUT2D eigenvalue weighted by Gasteiger charge is 2.30. The predicted octanol–water partition coefficient (Wildman–Crippen LogP) is 4.24. The van der Waals surface area contributed by atoms with E-state index < -0.39 is 16.7 Å². The summed E-state index contributed by atoms with van der Waals surface area (Å²) in [5.74, 6) is 0.427. The summed E-state index contributed by atoms with van der Waals surface area (Å²) in [6.07, 6.45) is -4.42. The van der Waals surface area contributed by atoms with Crippen LogP contribution < -0.4 is 4.74 Å². The fourth-order valence-corrected chi connectivity index (χ4v) is 2.07. The fraction of sp³-hybridized carbons (Fsp3) is 0.125. The van der Waals surface area contributed by atoms with Crippen LogP contribution in [-0.4, -0.2) is 15.1 Å². The van der Waals surface area contributed by atoms with E-state index in [1.54, 1.807) is 0 Å². The molecule has 0 bridgehead atoms. The van der Waals surface area contributed by atoms with Gasteiger partial charge in [-0.1, -0.05) is 23.4 Å². The Kier molecular flexibility index (Phi) is 4.57. The maximum absolute atomic E-state index is 12.6. The highest BCUT2D eigenvalue weighted by atomic mass is 19.4. The number of nitro groups is 1. The predicted molar refractivity (Wildman–Crippen MR) is 82.2 cm³/mol. The molecule has 0 radical (unpaired) electrons. The van der Waals surface area contributed by atoms with Crippen molar-refractivity contribution in [3.63, 3.8) is 0 Å². The Morgan fingerprint density at radius 1 is 1.15 bits per heavy atom. The molecule has 0 fully saturated rings. The summed E-state index contributed by atoms with van der Waals surface area (Å²) < 4.78 is 48.0. The van der Waals surface area contributed by atoms with Crippen molar-refractivity contribution in [1.29, 1.82) is 0 Å². The Bertz CT molecular complexity index is 923. The van der Waals surface area contributed by atoms with Gasteiger partial charge in [0.2, 0.25) is 5.82 Å². The SMILES string of the molecule is O=[N+]([O-])c1cccc(OCc2nc(-c3ccc(C(F)(F)F)cc3)no2)c1. The van der Waals surface area contributed by atoms with Crippen molar-refractivity contribution < 1.29 is 27.4 Å². The van der Waals surface area contributed by atoms with E-state index in [1.165, 1.54) is 36.4 Å². The molecule has 1 aromatic heterocycles. The van der Waals surface area contributed by atoms with Crippen LogP contribution in [0, 0.1) is 10.1 Å². The zero-order valence-corrected chi connectivity index (χ0v) is 12.9. The molecule has 7 nitrogen and oxygen atoms in total. The molecule has 3 aromatic rings. The van der Waals surface area contributed by atoms with Gasteiger partial charge >= 0.3 is 6.18 Å². The molecule has 0 amide bonds. The molecule has 0 saturated heterocycles. The van der Waals surface area contributed by atoms with Gasteiger partial charge in [-0.25, -0.2) is 0 Å². The van der Waals surface area contributed by atoms with E-state index in [1.807, 2.05) is 0 Å². The molecule has 0 atom stereocenters. The average molecular weight is 365 g/mol. The Balaban J connectivity index is 1.68. The molecule has 3 rings (SSSR count). The van der Waals surface area contributed by atoms with E-state index >= 15 is 0 Å². The summed E-state index contributed by atoms with van der Waals surface area (Å²) in [5, 5.41) is 14.4. The zero-order valence-electron chi connectivity index (χ0n) is 12.9. The minimum atomic E-state index is -4.42. The van der Waals surface area contributed by atoms with Crippen molar-refractivity contribution in [3.8, 4) is 17.1 Å². The van der Waals surface area contributed by atoms with E-state index in [2.05, 4.69) is 10.1 Å². The summed E-state index contributed by atoms with van der Waals surface area (Å²) in [6, 6.07) is 9.87. The highest BCUT2D eigenvalue weighted by molar-refractivity contribution is 5.54. The van der Waals surface area contributed by atoms with Crippen LogP contribution in [0.5, 0.6) is 5.75 Å². The second-order valence-corrected chi connectivity index (χ2v) is 5.13. The quantitative estimate of drug-likeness (QED) is 0.496. The molecule has 1 heterocycles. The first kappa shape index (κ1) is 17.4. The number of nitrogens with zero attached hydrogens (tertiary/aromatic N) is 3. The smallest absolute Gasteiger partial charge is 0.416 e. The van der Waals surface area contributed by atoms with Crippen LogP contribution in [0.25, 0.3) is 11.4 Å². The summed E-state index contributed by atoms with van der Waals surface area (Å²) in [6.45, 7) is -0.144. The van der Waals surface area contributed by atoms with E-state index in [0.29, 0.717) is 5.56 Å². The second kappa shape index (κ2) is 6.82. The molecule has 26 heavy (non-hydrogen) atoms. The van der Waals surface area contributed by atoms with Gasteiger partial charge in [-0.05, 0) is 18.2 Å². The molecule has 0 N–H and O–H groups in total. The van der Waals surface area contributed by atoms with Gasteiger partial charge in [0.25, 0.3) is 11.6 Å². The monoisotopic (exact) mass is 365 g/mol. The average Bonchev–Trinajstić information content (AvgIpc) is 3.08. The van der Waals surface area contributed by atoms with Gasteiger partial charge in [-0.3, -0.25) is 10.1 Å². The largest absolute Gasteiger partial charge is 0.484 e. The summed E-state index contributed by atoms with van der Waals surface area (Å²) in [5.41, 5.74) is -0.555. The molecule has 0 aliphatic carbocycles. The first-order valence-electron chi connectivity index (χ1n) is 7.20. The fourth-order valence-electron chi connectivity index (χ4n) is 2.07. The van der Waals surface area contributed by atoms with Crippen molar-refractivity contribution in [1.82, 2.24) is 10.1 Å². The molecule has 0 aliphatic rings. The molecule has 0 saturated carbocycles. The van der Waals surface area contributed by atoms with Crippen molar-refractivity contribution in [2.24, 2.45) is 0 Å². The summed E-state index contributed by atoms with van der Waals surface area (Å²) in [7, 11) is 0. The number of aromatic nitrogens is 2. The van der Waals surface area contributed by atoms with Gasteiger partial charge in [0.15, 0.2) is 6.61 Å². The maximum atomic E-state index is 12.6. The third-order valence-electron chi connectivity index (χ3n) is 3.33. The molecule has 0 spiro atoms. The summed E-state index contributed by atoms with van der Waals surface area (Å²) >= 11 is 0. The van der Waals surface area contributed by atoms with E-state index in [0.717, 1.165) is 12.1 Å². The Morgan fingerprint density at radius 2 is 1.88 bits per heavy atom. The highest BCUT2D eigenvalue weighted by Crippen LogP contribution is 2.30. The first-order valence-corrected chi connectivity index (χ1v) is 7.20. The maximum Gasteiger partial charge on any atom is 0.416 e. The number of hydrogen-bond donors (Lipinski definition) is 0. The number of rotatable bonds is 5. The minimum Gasteiger partial charge on any atom is -0.484 e. The Hall–Kier alpha value is -3.43. The number of nitro benzene ring substituents is 1. The van der Waals surface area contributed by atoms with Crippen LogP contribution in [0.2, 0.25) is 0 Å². The van der Waals surface area contributed by atoms with Crippen molar-refractivity contribution in [2.75, 3.05) is 0 Å². The van der Waals surface area contributed by atoms with Gasteiger partial charge in [0, 0.05) is 11.6 Å². The van der Waals surface area contributed by atoms with Gasteiger partial charge < -0.3 is 9.26 Å². The number of non-ortho nitro benzene ring substituents is 1. The van der Waals surface area contributed by atoms with Crippen molar-refractivity contribution >= 4 is 5.69 Å². The van der Waals surface area contributed by atoms with Crippen LogP contribution in [-0.2, 0) is 12.8 Å². The van der Waals surface area contributed by atoms with Crippen LogP contribution >= 0.6 is 0 Å². The van der Waals surface area contributed by atoms with Gasteiger partial charge in [0.05, 0.1) is 16.6 Å². The minimum absolute atomic E-state index is 0.0754. The van der Waals surface area contributed by atoms with Gasteiger partial charge in [-0.2, -0.15) is 18.2 Å². The van der Waals surface area contributed by atoms with Gasteiger partial charge in [-0.15, -0.1) is 0 Å². The number of halogens is 3. The van der Waals surface area contributed by atoms with Gasteiger partial charge in [0.1, 0.15) is 5.75 Å². The van der Waals surface area contributed by atoms with Crippen molar-refractivity contribution in [3.05, 3.63) is 70.1 Å². The number of benzene rings is 2. The zero-order chi connectivity index (χ0) is 18.7. The molecular weight excluding hydrogens is 355 g/mol. The van der Waals surface area contributed by atoms with E-state index in [4.69, 9.17) is 9.26 Å². The third kappa shape index (κ3) is 3.97. The normalized spacial score (nSPS) is 11.3. The standard InChI is InChI=1S/C16H10F3N3O4/c17-16(18,19)11-6-4-10(5-7-11)15-20-14(26-21-15)9-25-13-3-1-2-12(8-13)22(23)24/h1-8H,9H2.